The van der Waals surface area contributed by atoms with Gasteiger partial charge in [-0.1, -0.05) is 35.5 Å². The predicted octanol–water partition coefficient (Wildman–Crippen LogP) is 4.97. The Morgan fingerprint density at radius 1 is 1.06 bits per heavy atom. The molecule has 0 atom stereocenters. The Kier molecular flexibility index (Phi) is 6.25. The van der Waals surface area contributed by atoms with Gasteiger partial charge in [0.05, 0.1) is 12.8 Å². The maximum atomic E-state index is 13.1. The summed E-state index contributed by atoms with van der Waals surface area (Å²) in [7, 11) is 1.42. The molecule has 4 aromatic rings. The number of amides is 1. The molecule has 0 aliphatic heterocycles. The minimum absolute atomic E-state index is 0.157. The number of nitrogens with one attached hydrogen (secondary N) is 1. The Hall–Kier alpha value is -4.34. The number of alkyl halides is 2. The van der Waals surface area contributed by atoms with Crippen LogP contribution in [0, 0.1) is 6.92 Å². The van der Waals surface area contributed by atoms with E-state index in [1.54, 1.807) is 19.1 Å². The van der Waals surface area contributed by atoms with Gasteiger partial charge in [0, 0.05) is 23.4 Å². The average Bonchev–Trinajstić information content (AvgIpc) is 3.21. The van der Waals surface area contributed by atoms with E-state index in [1.807, 2.05) is 30.3 Å². The fourth-order valence-corrected chi connectivity index (χ4v) is 3.16. The van der Waals surface area contributed by atoms with Crippen molar-refractivity contribution in [2.24, 2.45) is 0 Å². The topological polar surface area (TPSA) is 99.4 Å². The van der Waals surface area contributed by atoms with Gasteiger partial charge in [0.25, 0.3) is 5.91 Å². The van der Waals surface area contributed by atoms with Gasteiger partial charge < -0.3 is 19.3 Å². The van der Waals surface area contributed by atoms with Crippen LogP contribution in [0.1, 0.15) is 16.1 Å². The molecular weight excluding hydrogens is 434 g/mol. The molecule has 168 valence electrons. The number of aromatic nitrogens is 3. The molecule has 0 aliphatic carbocycles. The standard InChI is InChI=1S/C23H18F2N4O4/c1-13-19(20(29-33-13)14-6-4-3-5-7-14)21(30)27-17-10-9-16(28-22(17)31-2)15-8-11-18(26-12-15)32-23(24)25/h3-12,23H,1-2H3,(H,27,30). The Morgan fingerprint density at radius 3 is 2.52 bits per heavy atom. The zero-order valence-corrected chi connectivity index (χ0v) is 17.6. The second-order valence-electron chi connectivity index (χ2n) is 6.80. The molecule has 0 radical (unpaired) electrons. The largest absolute Gasteiger partial charge is 0.479 e. The highest BCUT2D eigenvalue weighted by Crippen LogP contribution is 2.30. The van der Waals surface area contributed by atoms with E-state index in [9.17, 15) is 13.6 Å². The molecule has 10 heteroatoms. The van der Waals surface area contributed by atoms with Gasteiger partial charge in [-0.25, -0.2) is 9.97 Å². The molecule has 33 heavy (non-hydrogen) atoms. The SMILES string of the molecule is COc1nc(-c2ccc(OC(F)F)nc2)ccc1NC(=O)c1c(-c2ccccc2)noc1C. The first-order chi connectivity index (χ1) is 16.0. The van der Waals surface area contributed by atoms with Crippen LogP contribution in [0.3, 0.4) is 0 Å². The maximum Gasteiger partial charge on any atom is 0.388 e. The smallest absolute Gasteiger partial charge is 0.388 e. The van der Waals surface area contributed by atoms with E-state index >= 15 is 0 Å². The maximum absolute atomic E-state index is 13.1. The van der Waals surface area contributed by atoms with Crippen molar-refractivity contribution < 1.29 is 27.6 Å². The van der Waals surface area contributed by atoms with Crippen molar-refractivity contribution in [3.8, 4) is 34.3 Å². The lowest BCUT2D eigenvalue weighted by atomic mass is 10.1. The van der Waals surface area contributed by atoms with Crippen LogP contribution in [0.5, 0.6) is 11.8 Å². The summed E-state index contributed by atoms with van der Waals surface area (Å²) in [6.45, 7) is -1.30. The molecule has 3 heterocycles. The van der Waals surface area contributed by atoms with Gasteiger partial charge >= 0.3 is 6.61 Å². The number of anilines is 1. The lowest BCUT2D eigenvalue weighted by molar-refractivity contribution is -0.0528. The molecule has 0 unspecified atom stereocenters. The van der Waals surface area contributed by atoms with Crippen LogP contribution < -0.4 is 14.8 Å². The van der Waals surface area contributed by atoms with Crippen LogP contribution >= 0.6 is 0 Å². The highest BCUT2D eigenvalue weighted by molar-refractivity contribution is 6.09. The highest BCUT2D eigenvalue weighted by Gasteiger charge is 2.23. The summed E-state index contributed by atoms with van der Waals surface area (Å²) in [5.74, 6) is -0.116. The minimum atomic E-state index is -2.96. The van der Waals surface area contributed by atoms with Crippen molar-refractivity contribution in [3.63, 3.8) is 0 Å². The monoisotopic (exact) mass is 452 g/mol. The lowest BCUT2D eigenvalue weighted by Crippen LogP contribution is -2.14. The number of carbonyl (C=O) groups is 1. The number of hydrogen-bond acceptors (Lipinski definition) is 7. The van der Waals surface area contributed by atoms with E-state index in [0.29, 0.717) is 34.0 Å². The normalized spacial score (nSPS) is 10.8. The third-order valence-corrected chi connectivity index (χ3v) is 4.68. The Morgan fingerprint density at radius 2 is 1.85 bits per heavy atom. The zero-order valence-electron chi connectivity index (χ0n) is 17.6. The average molecular weight is 452 g/mol. The molecule has 0 saturated heterocycles. The van der Waals surface area contributed by atoms with Crippen molar-refractivity contribution >= 4 is 11.6 Å². The summed E-state index contributed by atoms with van der Waals surface area (Å²) in [6, 6.07) is 15.3. The number of methoxy groups -OCH3 is 1. The van der Waals surface area contributed by atoms with Crippen LogP contribution in [0.4, 0.5) is 14.5 Å². The molecule has 8 nitrogen and oxygen atoms in total. The molecule has 1 aromatic carbocycles. The molecule has 1 N–H and O–H groups in total. The van der Waals surface area contributed by atoms with Gasteiger partial charge in [0.1, 0.15) is 22.7 Å². The molecule has 0 spiro atoms. The number of nitrogens with zero attached hydrogens (tertiary/aromatic N) is 3. The van der Waals surface area contributed by atoms with E-state index in [-0.39, 0.29) is 11.8 Å². The van der Waals surface area contributed by atoms with Crippen LogP contribution in [0.15, 0.2) is 65.3 Å². The number of ether oxygens (including phenoxy) is 2. The van der Waals surface area contributed by atoms with Gasteiger partial charge in [-0.05, 0) is 25.1 Å². The van der Waals surface area contributed by atoms with Gasteiger partial charge in [0.2, 0.25) is 11.8 Å². The van der Waals surface area contributed by atoms with Gasteiger partial charge in [-0.15, -0.1) is 0 Å². The second-order valence-corrected chi connectivity index (χ2v) is 6.80. The van der Waals surface area contributed by atoms with Crippen LogP contribution in [-0.4, -0.2) is 34.8 Å². The first-order valence-electron chi connectivity index (χ1n) is 9.75. The Labute approximate surface area is 187 Å². The van der Waals surface area contributed by atoms with E-state index in [0.717, 1.165) is 5.56 Å². The third-order valence-electron chi connectivity index (χ3n) is 4.68. The number of carbonyl (C=O) groups excluding carboxylic acids is 1. The highest BCUT2D eigenvalue weighted by atomic mass is 19.3. The summed E-state index contributed by atoms with van der Waals surface area (Å²) in [6.07, 6.45) is 1.35. The minimum Gasteiger partial charge on any atom is -0.479 e. The molecule has 1 amide bonds. The van der Waals surface area contributed by atoms with Gasteiger partial charge in [-0.2, -0.15) is 8.78 Å². The van der Waals surface area contributed by atoms with Crippen LogP contribution in [-0.2, 0) is 0 Å². The molecular formula is C23H18F2N4O4. The number of halogens is 2. The van der Waals surface area contributed by atoms with E-state index < -0.39 is 12.5 Å². The van der Waals surface area contributed by atoms with Crippen molar-refractivity contribution in [2.75, 3.05) is 12.4 Å². The fourth-order valence-electron chi connectivity index (χ4n) is 3.16. The fraction of sp³-hybridized carbons (Fsp3) is 0.130. The number of aryl methyl sites for hydroxylation is 1. The summed E-state index contributed by atoms with van der Waals surface area (Å²) >= 11 is 0. The summed E-state index contributed by atoms with van der Waals surface area (Å²) < 4.78 is 39.5. The first kappa shape index (κ1) is 21.9. The lowest BCUT2D eigenvalue weighted by Gasteiger charge is -2.11. The van der Waals surface area contributed by atoms with Gasteiger partial charge in [-0.3, -0.25) is 4.79 Å². The second kappa shape index (κ2) is 9.43. The van der Waals surface area contributed by atoms with E-state index in [2.05, 4.69) is 25.2 Å². The Bertz CT molecular complexity index is 1260. The molecule has 0 aliphatic rings. The third kappa shape index (κ3) is 4.79. The van der Waals surface area contributed by atoms with E-state index in [1.165, 1.54) is 25.4 Å². The summed E-state index contributed by atoms with van der Waals surface area (Å²) in [4.78, 5) is 21.3. The quantitative estimate of drug-likeness (QED) is 0.423. The van der Waals surface area contributed by atoms with Crippen molar-refractivity contribution in [2.45, 2.75) is 13.5 Å². The molecule has 3 aromatic heterocycles. The Balaban J connectivity index is 1.59. The predicted molar refractivity (Wildman–Crippen MR) is 115 cm³/mol. The van der Waals surface area contributed by atoms with Crippen molar-refractivity contribution in [3.05, 3.63) is 72.1 Å². The van der Waals surface area contributed by atoms with Crippen molar-refractivity contribution in [1.82, 2.24) is 15.1 Å². The van der Waals surface area contributed by atoms with Crippen molar-refractivity contribution in [1.29, 1.82) is 0 Å². The molecule has 0 fully saturated rings. The number of benzene rings is 1. The zero-order chi connectivity index (χ0) is 23.4. The summed E-state index contributed by atoms with van der Waals surface area (Å²) in [5, 5.41) is 6.80. The van der Waals surface area contributed by atoms with Gasteiger partial charge in [0.15, 0.2) is 0 Å². The molecule has 4 rings (SSSR count). The number of rotatable bonds is 7. The van der Waals surface area contributed by atoms with E-state index in [4.69, 9.17) is 9.26 Å². The number of pyridine rings is 2. The first-order valence-corrected chi connectivity index (χ1v) is 9.75. The van der Waals surface area contributed by atoms with Crippen LogP contribution in [0.25, 0.3) is 22.5 Å². The molecule has 0 saturated carbocycles. The summed E-state index contributed by atoms with van der Waals surface area (Å²) in [5.41, 5.74) is 2.81. The molecule has 0 bridgehead atoms. The van der Waals surface area contributed by atoms with Crippen LogP contribution in [0.2, 0.25) is 0 Å². The number of hydrogen-bond donors (Lipinski definition) is 1.